The zero-order chi connectivity index (χ0) is 17.1. The normalized spacial score (nSPS) is 12.7. The van der Waals surface area contributed by atoms with Crippen LogP contribution in [-0.4, -0.2) is 34.2 Å². The second-order valence-corrected chi connectivity index (χ2v) is 6.31. The summed E-state index contributed by atoms with van der Waals surface area (Å²) in [5.74, 6) is -0.559. The number of anilines is 1. The van der Waals surface area contributed by atoms with Gasteiger partial charge in [-0.05, 0) is 31.4 Å². The molecule has 0 radical (unpaired) electrons. The number of benzene rings is 1. The van der Waals surface area contributed by atoms with Crippen LogP contribution in [0.5, 0.6) is 0 Å². The number of nitrogens with one attached hydrogen (secondary N) is 2. The molecule has 0 spiro atoms. The van der Waals surface area contributed by atoms with Crippen molar-refractivity contribution >= 4 is 51.2 Å². The summed E-state index contributed by atoms with van der Waals surface area (Å²) in [4.78, 5) is 30.1. The number of nitrogens with zero attached hydrogens (tertiary/aromatic N) is 2. The van der Waals surface area contributed by atoms with E-state index in [4.69, 9.17) is 11.1 Å². The molecule has 2 heterocycles. The number of halogens is 1. The maximum absolute atomic E-state index is 12.2. The minimum Gasteiger partial charge on any atom is -0.370 e. The first-order chi connectivity index (χ1) is 11.6. The van der Waals surface area contributed by atoms with Gasteiger partial charge in [-0.3, -0.25) is 19.9 Å². The van der Waals surface area contributed by atoms with E-state index in [9.17, 15) is 9.59 Å². The van der Waals surface area contributed by atoms with Crippen LogP contribution in [0.1, 0.15) is 39.3 Å². The number of rotatable bonds is 6. The van der Waals surface area contributed by atoms with Crippen LogP contribution < -0.4 is 11.1 Å². The van der Waals surface area contributed by atoms with Crippen LogP contribution in [-0.2, 0) is 6.42 Å². The summed E-state index contributed by atoms with van der Waals surface area (Å²) >= 11 is 1.39. The van der Waals surface area contributed by atoms with Gasteiger partial charge in [-0.1, -0.05) is 12.1 Å². The molecule has 0 atom stereocenters. The van der Waals surface area contributed by atoms with Gasteiger partial charge < -0.3 is 11.1 Å². The molecule has 4 N–H and O–H groups in total. The number of guanidine groups is 1. The van der Waals surface area contributed by atoms with Gasteiger partial charge >= 0.3 is 0 Å². The van der Waals surface area contributed by atoms with E-state index in [-0.39, 0.29) is 34.8 Å². The van der Waals surface area contributed by atoms with E-state index in [1.165, 1.54) is 16.2 Å². The van der Waals surface area contributed by atoms with Crippen LogP contribution >= 0.6 is 28.3 Å². The highest BCUT2D eigenvalue weighted by Gasteiger charge is 2.34. The first-order valence-electron chi connectivity index (χ1n) is 7.57. The Hall–Kier alpha value is -2.26. The smallest absolute Gasteiger partial charge is 0.261 e. The third-order valence-electron chi connectivity index (χ3n) is 3.74. The SMILES string of the molecule is Br.N=C(N)Nc1nc(CCCCN2C(=O)c3ccccc3C2=O)cs1. The number of fused-ring (bicyclic) bond motifs is 1. The summed E-state index contributed by atoms with van der Waals surface area (Å²) in [6.45, 7) is 0.412. The number of carbonyl (C=O) groups is 2. The standard InChI is InChI=1S/C16H17N5O2S.BrH/c17-15(18)20-16-19-10(9-24-16)5-3-4-8-21-13(22)11-6-1-2-7-12(11)14(21)23;/h1-2,6-7,9H,3-5,8H2,(H4,17,18,19,20);1H. The van der Waals surface area contributed by atoms with Gasteiger partial charge in [-0.2, -0.15) is 0 Å². The molecule has 0 aliphatic carbocycles. The zero-order valence-corrected chi connectivity index (χ0v) is 15.8. The zero-order valence-electron chi connectivity index (χ0n) is 13.3. The Labute approximate surface area is 159 Å². The highest BCUT2D eigenvalue weighted by molar-refractivity contribution is 8.93. The highest BCUT2D eigenvalue weighted by atomic mass is 79.9. The molecule has 3 rings (SSSR count). The van der Waals surface area contributed by atoms with Crippen molar-refractivity contribution < 1.29 is 9.59 Å². The van der Waals surface area contributed by atoms with E-state index in [0.717, 1.165) is 25.0 Å². The summed E-state index contributed by atoms with van der Waals surface area (Å²) in [5, 5.41) is 12.3. The van der Waals surface area contributed by atoms with Crippen molar-refractivity contribution in [2.45, 2.75) is 19.3 Å². The lowest BCUT2D eigenvalue weighted by Gasteiger charge is -2.13. The quantitative estimate of drug-likeness (QED) is 0.286. The third-order valence-corrected chi connectivity index (χ3v) is 4.54. The molecule has 0 unspecified atom stereocenters. The van der Waals surface area contributed by atoms with Crippen molar-refractivity contribution in [1.29, 1.82) is 5.41 Å². The topological polar surface area (TPSA) is 112 Å². The molecule has 2 aromatic rings. The Kier molecular flexibility index (Phi) is 6.27. The van der Waals surface area contributed by atoms with Gasteiger partial charge in [0.05, 0.1) is 16.8 Å². The van der Waals surface area contributed by atoms with Crippen LogP contribution in [0, 0.1) is 5.41 Å². The molecule has 1 aliphatic rings. The molecule has 0 saturated heterocycles. The fourth-order valence-electron chi connectivity index (χ4n) is 2.61. The largest absolute Gasteiger partial charge is 0.370 e. The van der Waals surface area contributed by atoms with Crippen molar-refractivity contribution in [2.24, 2.45) is 5.73 Å². The van der Waals surface area contributed by atoms with Gasteiger partial charge in [0.15, 0.2) is 11.1 Å². The third kappa shape index (κ3) is 4.23. The lowest BCUT2D eigenvalue weighted by molar-refractivity contribution is 0.0652. The molecule has 0 saturated carbocycles. The molecule has 0 bridgehead atoms. The van der Waals surface area contributed by atoms with Crippen molar-refractivity contribution in [2.75, 3.05) is 11.9 Å². The fourth-order valence-corrected chi connectivity index (χ4v) is 3.37. The van der Waals surface area contributed by atoms with Crippen molar-refractivity contribution in [3.05, 3.63) is 46.5 Å². The Bertz CT molecular complexity index is 772. The molecule has 25 heavy (non-hydrogen) atoms. The number of hydrogen-bond donors (Lipinski definition) is 3. The minimum absolute atomic E-state index is 0. The maximum Gasteiger partial charge on any atom is 0.261 e. The van der Waals surface area contributed by atoms with Crippen LogP contribution in [0.15, 0.2) is 29.6 Å². The lowest BCUT2D eigenvalue weighted by Crippen LogP contribution is -2.30. The highest BCUT2D eigenvalue weighted by Crippen LogP contribution is 2.23. The van der Waals surface area contributed by atoms with E-state index >= 15 is 0 Å². The van der Waals surface area contributed by atoms with E-state index in [0.29, 0.717) is 22.8 Å². The average molecular weight is 424 g/mol. The van der Waals surface area contributed by atoms with Gasteiger partial charge in [0.2, 0.25) is 0 Å². The monoisotopic (exact) mass is 423 g/mol. The molecule has 132 valence electrons. The van der Waals surface area contributed by atoms with Crippen LogP contribution in [0.2, 0.25) is 0 Å². The van der Waals surface area contributed by atoms with Gasteiger partial charge in [0.1, 0.15) is 0 Å². The molecular weight excluding hydrogens is 406 g/mol. The van der Waals surface area contributed by atoms with E-state index in [1.807, 2.05) is 5.38 Å². The number of carbonyl (C=O) groups excluding carboxylic acids is 2. The lowest BCUT2D eigenvalue weighted by atomic mass is 10.1. The van der Waals surface area contributed by atoms with E-state index in [2.05, 4.69) is 10.3 Å². The summed E-state index contributed by atoms with van der Waals surface area (Å²) < 4.78 is 0. The van der Waals surface area contributed by atoms with Gasteiger partial charge in [-0.25, -0.2) is 4.98 Å². The molecule has 9 heteroatoms. The second-order valence-electron chi connectivity index (χ2n) is 5.45. The van der Waals surface area contributed by atoms with Gasteiger partial charge in [-0.15, -0.1) is 28.3 Å². The van der Waals surface area contributed by atoms with E-state index < -0.39 is 0 Å². The number of amides is 2. The molecule has 0 fully saturated rings. The van der Waals surface area contributed by atoms with Crippen molar-refractivity contribution in [3.63, 3.8) is 0 Å². The molecule has 2 amide bonds. The Morgan fingerprint density at radius 2 is 1.84 bits per heavy atom. The summed E-state index contributed by atoms with van der Waals surface area (Å²) in [6.07, 6.45) is 2.29. The van der Waals surface area contributed by atoms with Crippen LogP contribution in [0.3, 0.4) is 0 Å². The second kappa shape index (κ2) is 8.21. The number of aromatic nitrogens is 1. The van der Waals surface area contributed by atoms with Crippen molar-refractivity contribution in [1.82, 2.24) is 9.88 Å². The summed E-state index contributed by atoms with van der Waals surface area (Å²) in [5.41, 5.74) is 7.14. The number of thiazole rings is 1. The fraction of sp³-hybridized carbons (Fsp3) is 0.250. The Balaban J connectivity index is 0.00000225. The van der Waals surface area contributed by atoms with Gasteiger partial charge in [0, 0.05) is 11.9 Å². The Morgan fingerprint density at radius 1 is 1.20 bits per heavy atom. The molecule has 1 aromatic heterocycles. The van der Waals surface area contributed by atoms with Crippen LogP contribution in [0.4, 0.5) is 5.13 Å². The number of nitrogens with two attached hydrogens (primary N) is 1. The molecular formula is C16H18BrN5O2S. The predicted octanol–water partition coefficient (Wildman–Crippen LogP) is 2.65. The first kappa shape index (κ1) is 19.1. The molecule has 7 nitrogen and oxygen atoms in total. The van der Waals surface area contributed by atoms with E-state index in [1.54, 1.807) is 24.3 Å². The number of hydrogen-bond acceptors (Lipinski definition) is 5. The average Bonchev–Trinajstić information content (AvgIpc) is 3.09. The first-order valence-corrected chi connectivity index (χ1v) is 8.45. The summed E-state index contributed by atoms with van der Waals surface area (Å²) in [7, 11) is 0. The molecule has 1 aliphatic heterocycles. The van der Waals surface area contributed by atoms with Crippen molar-refractivity contribution in [3.8, 4) is 0 Å². The number of aryl methyl sites for hydroxylation is 1. The Morgan fingerprint density at radius 3 is 2.44 bits per heavy atom. The van der Waals surface area contributed by atoms with Crippen LogP contribution in [0.25, 0.3) is 0 Å². The molecule has 1 aromatic carbocycles. The summed E-state index contributed by atoms with van der Waals surface area (Å²) in [6, 6.07) is 6.91. The minimum atomic E-state index is -0.211. The number of unbranched alkanes of at least 4 members (excludes halogenated alkanes) is 1. The maximum atomic E-state index is 12.2. The number of imide groups is 1. The predicted molar refractivity (Wildman–Crippen MR) is 103 cm³/mol. The van der Waals surface area contributed by atoms with Gasteiger partial charge in [0.25, 0.3) is 11.8 Å².